The van der Waals surface area contributed by atoms with Gasteiger partial charge in [-0.1, -0.05) is 36.9 Å². The Labute approximate surface area is 132 Å². The van der Waals surface area contributed by atoms with E-state index in [2.05, 4.69) is 53.8 Å². The minimum absolute atomic E-state index is 0.610. The zero-order chi connectivity index (χ0) is 15.7. The lowest BCUT2D eigenvalue weighted by atomic mass is 10.1. The average molecular weight is 296 g/mol. The summed E-state index contributed by atoms with van der Waals surface area (Å²) in [4.78, 5) is 4.67. The summed E-state index contributed by atoms with van der Waals surface area (Å²) < 4.78 is 1.94. The van der Waals surface area contributed by atoms with Crippen molar-refractivity contribution < 1.29 is 0 Å². The van der Waals surface area contributed by atoms with Crippen molar-refractivity contribution in [2.24, 2.45) is 7.05 Å². The second-order valence-corrected chi connectivity index (χ2v) is 6.20. The number of likely N-dealkylation sites (N-methyl/N-ethyl adjacent to an activating group) is 1. The Bertz CT molecular complexity index is 657. The molecule has 0 saturated carbocycles. The molecule has 22 heavy (non-hydrogen) atoms. The van der Waals surface area contributed by atoms with Gasteiger partial charge in [0.05, 0.1) is 17.1 Å². The molecule has 1 aliphatic rings. The van der Waals surface area contributed by atoms with Crippen LogP contribution in [0.4, 0.5) is 0 Å². The summed E-state index contributed by atoms with van der Waals surface area (Å²) >= 11 is 0. The Morgan fingerprint density at radius 1 is 1.27 bits per heavy atom. The maximum atomic E-state index is 4.65. The summed E-state index contributed by atoms with van der Waals surface area (Å²) in [6.07, 6.45) is 1.19. The lowest BCUT2D eigenvalue weighted by molar-refractivity contribution is 0.298. The van der Waals surface area contributed by atoms with Gasteiger partial charge in [0.2, 0.25) is 0 Å². The third-order valence-corrected chi connectivity index (χ3v) is 4.52. The van der Waals surface area contributed by atoms with Crippen LogP contribution in [-0.4, -0.2) is 52.8 Å². The van der Waals surface area contributed by atoms with Crippen LogP contribution in [0.3, 0.4) is 0 Å². The highest BCUT2D eigenvalue weighted by Crippen LogP contribution is 2.27. The molecular weight excluding hydrogens is 272 g/mol. The number of aryl methyl sites for hydroxylation is 1. The van der Waals surface area contributed by atoms with Crippen LogP contribution in [0.1, 0.15) is 12.1 Å². The van der Waals surface area contributed by atoms with E-state index in [1.165, 1.54) is 6.42 Å². The first kappa shape index (κ1) is 14.9. The number of rotatable bonds is 4. The fourth-order valence-electron chi connectivity index (χ4n) is 3.06. The molecule has 4 heteroatoms. The Morgan fingerprint density at radius 2 is 2.00 bits per heavy atom. The lowest BCUT2D eigenvalue weighted by Crippen LogP contribution is -2.31. The van der Waals surface area contributed by atoms with Gasteiger partial charge in [-0.2, -0.15) is 5.10 Å². The zero-order valence-electron chi connectivity index (χ0n) is 13.7. The van der Waals surface area contributed by atoms with Crippen LogP contribution in [-0.2, 0) is 7.05 Å². The zero-order valence-corrected chi connectivity index (χ0v) is 13.7. The van der Waals surface area contributed by atoms with Gasteiger partial charge >= 0.3 is 0 Å². The molecule has 3 rings (SSSR count). The van der Waals surface area contributed by atoms with Crippen molar-refractivity contribution in [3.05, 3.63) is 48.7 Å². The summed E-state index contributed by atoms with van der Waals surface area (Å²) in [5.74, 6) is 0. The molecular formula is C18H24N4. The molecule has 0 aliphatic carbocycles. The van der Waals surface area contributed by atoms with Gasteiger partial charge < -0.3 is 9.80 Å². The van der Waals surface area contributed by atoms with Crippen LogP contribution in [0.2, 0.25) is 0 Å². The number of likely N-dealkylation sites (tertiary alicyclic amines) is 1. The van der Waals surface area contributed by atoms with Gasteiger partial charge in [0.25, 0.3) is 0 Å². The van der Waals surface area contributed by atoms with Gasteiger partial charge in [0.15, 0.2) is 0 Å². The summed E-state index contributed by atoms with van der Waals surface area (Å²) in [5, 5.41) is 4.65. The molecule has 0 amide bonds. The molecule has 1 unspecified atom stereocenters. The van der Waals surface area contributed by atoms with Crippen LogP contribution in [0, 0.1) is 0 Å². The molecule has 0 bridgehead atoms. The average Bonchev–Trinajstić information content (AvgIpc) is 3.14. The predicted octanol–water partition coefficient (Wildman–Crippen LogP) is 2.69. The molecule has 1 aliphatic heterocycles. The minimum Gasteiger partial charge on any atom is -0.369 e. The Balaban J connectivity index is 1.81. The fraction of sp³-hybridized carbons (Fsp3) is 0.389. The molecule has 2 heterocycles. The fourth-order valence-corrected chi connectivity index (χ4v) is 3.06. The van der Waals surface area contributed by atoms with Crippen molar-refractivity contribution in [1.29, 1.82) is 0 Å². The topological polar surface area (TPSA) is 24.3 Å². The van der Waals surface area contributed by atoms with E-state index in [4.69, 9.17) is 0 Å². The Morgan fingerprint density at radius 3 is 2.64 bits per heavy atom. The number of hydrogen-bond donors (Lipinski definition) is 0. The molecule has 0 N–H and O–H groups in total. The second-order valence-electron chi connectivity index (χ2n) is 6.20. The number of hydrogen-bond acceptors (Lipinski definition) is 3. The molecule has 1 aromatic heterocycles. The van der Waals surface area contributed by atoms with Crippen molar-refractivity contribution in [3.8, 4) is 11.3 Å². The van der Waals surface area contributed by atoms with E-state index in [1.807, 2.05) is 29.9 Å². The van der Waals surface area contributed by atoms with Crippen molar-refractivity contribution in [1.82, 2.24) is 19.6 Å². The largest absolute Gasteiger partial charge is 0.369 e. The molecule has 2 aromatic rings. The third-order valence-electron chi connectivity index (χ3n) is 4.52. The van der Waals surface area contributed by atoms with Crippen LogP contribution < -0.4 is 0 Å². The molecule has 4 nitrogen and oxygen atoms in total. The van der Waals surface area contributed by atoms with Gasteiger partial charge in [-0.05, 0) is 26.6 Å². The van der Waals surface area contributed by atoms with E-state index in [0.717, 1.165) is 35.7 Å². The van der Waals surface area contributed by atoms with Gasteiger partial charge in [-0.25, -0.2) is 0 Å². The van der Waals surface area contributed by atoms with Gasteiger partial charge in [-0.15, -0.1) is 0 Å². The molecule has 116 valence electrons. The molecule has 1 aromatic carbocycles. The molecule has 1 atom stereocenters. The summed E-state index contributed by atoms with van der Waals surface area (Å²) in [7, 11) is 6.29. The normalized spacial score (nSPS) is 18.2. The highest BCUT2D eigenvalue weighted by Gasteiger charge is 2.26. The van der Waals surface area contributed by atoms with E-state index in [9.17, 15) is 0 Å². The SMILES string of the molecule is C=C(c1cc(-c2ccccc2)nn1C)N1CCC(N(C)C)C1. The summed E-state index contributed by atoms with van der Waals surface area (Å²) in [6, 6.07) is 13.0. The second kappa shape index (κ2) is 5.97. The van der Waals surface area contributed by atoms with Crippen molar-refractivity contribution >= 4 is 5.70 Å². The lowest BCUT2D eigenvalue weighted by Gasteiger charge is -2.23. The molecule has 0 spiro atoms. The quantitative estimate of drug-likeness (QED) is 0.867. The first-order valence-electron chi connectivity index (χ1n) is 7.76. The number of benzene rings is 1. The van der Waals surface area contributed by atoms with Crippen LogP contribution in [0.25, 0.3) is 17.0 Å². The smallest absolute Gasteiger partial charge is 0.0930 e. The maximum absolute atomic E-state index is 4.65. The molecule has 1 saturated heterocycles. The first-order chi connectivity index (χ1) is 10.6. The Hall–Kier alpha value is -2.07. The third kappa shape index (κ3) is 2.79. The summed E-state index contributed by atoms with van der Waals surface area (Å²) in [5.41, 5.74) is 4.31. The first-order valence-corrected chi connectivity index (χ1v) is 7.76. The number of aromatic nitrogens is 2. The van der Waals surface area contributed by atoms with Gasteiger partial charge in [-0.3, -0.25) is 4.68 Å². The van der Waals surface area contributed by atoms with E-state index in [-0.39, 0.29) is 0 Å². The van der Waals surface area contributed by atoms with Gasteiger partial charge in [0.1, 0.15) is 0 Å². The minimum atomic E-state index is 0.610. The van der Waals surface area contributed by atoms with Crippen molar-refractivity contribution in [2.45, 2.75) is 12.5 Å². The molecule has 1 fully saturated rings. The number of nitrogens with zero attached hydrogens (tertiary/aromatic N) is 4. The van der Waals surface area contributed by atoms with E-state index in [1.54, 1.807) is 0 Å². The standard InChI is InChI=1S/C18H24N4/c1-14(22-11-10-16(13-22)20(2)3)18-12-17(19-21(18)4)15-8-6-5-7-9-15/h5-9,12,16H,1,10-11,13H2,2-4H3. The maximum Gasteiger partial charge on any atom is 0.0930 e. The Kier molecular flexibility index (Phi) is 4.03. The van der Waals surface area contributed by atoms with Crippen LogP contribution >= 0.6 is 0 Å². The van der Waals surface area contributed by atoms with Crippen LogP contribution in [0.15, 0.2) is 43.0 Å². The van der Waals surface area contributed by atoms with Crippen molar-refractivity contribution in [3.63, 3.8) is 0 Å². The summed E-state index contributed by atoms with van der Waals surface area (Å²) in [6.45, 7) is 6.42. The van der Waals surface area contributed by atoms with E-state index < -0.39 is 0 Å². The highest BCUT2D eigenvalue weighted by atomic mass is 15.3. The highest BCUT2D eigenvalue weighted by molar-refractivity contribution is 5.67. The monoisotopic (exact) mass is 296 g/mol. The van der Waals surface area contributed by atoms with Crippen LogP contribution in [0.5, 0.6) is 0 Å². The van der Waals surface area contributed by atoms with E-state index >= 15 is 0 Å². The van der Waals surface area contributed by atoms with Crippen molar-refractivity contribution in [2.75, 3.05) is 27.2 Å². The van der Waals surface area contributed by atoms with E-state index in [0.29, 0.717) is 6.04 Å². The van der Waals surface area contributed by atoms with Gasteiger partial charge in [0, 0.05) is 31.7 Å². The predicted molar refractivity (Wildman–Crippen MR) is 91.3 cm³/mol. The molecule has 0 radical (unpaired) electrons.